The highest BCUT2D eigenvalue weighted by atomic mass is 16.5. The minimum atomic E-state index is 0.393. The zero-order chi connectivity index (χ0) is 13.9. The maximum Gasteiger partial charge on any atom is 0.197 e. The molecule has 0 radical (unpaired) electrons. The molecule has 1 fully saturated rings. The molecule has 2 aromatic rings. The number of aromatic nitrogens is 1. The van der Waals surface area contributed by atoms with Gasteiger partial charge in [0, 0.05) is 6.42 Å². The van der Waals surface area contributed by atoms with Gasteiger partial charge in [0.1, 0.15) is 5.52 Å². The van der Waals surface area contributed by atoms with Gasteiger partial charge in [-0.2, -0.15) is 0 Å². The van der Waals surface area contributed by atoms with Crippen LogP contribution in [-0.2, 0) is 11.2 Å². The number of benzene rings is 1. The van der Waals surface area contributed by atoms with Crippen LogP contribution in [0.3, 0.4) is 0 Å². The highest BCUT2D eigenvalue weighted by molar-refractivity contribution is 5.77. The van der Waals surface area contributed by atoms with Gasteiger partial charge in [0.2, 0.25) is 0 Å². The number of fused-ring (bicyclic) bond motifs is 1. The molecule has 1 aliphatic rings. The lowest BCUT2D eigenvalue weighted by molar-refractivity contribution is 0.0328. The molecule has 0 atom stereocenters. The smallest absolute Gasteiger partial charge is 0.197 e. The molecule has 4 heteroatoms. The summed E-state index contributed by atoms with van der Waals surface area (Å²) in [5, 5.41) is 3.34. The molecule has 0 saturated carbocycles. The van der Waals surface area contributed by atoms with Crippen LogP contribution in [0.2, 0.25) is 0 Å². The Labute approximate surface area is 119 Å². The monoisotopic (exact) mass is 274 g/mol. The number of nitrogens with one attached hydrogen (secondary N) is 1. The van der Waals surface area contributed by atoms with Crippen molar-refractivity contribution in [3.8, 4) is 0 Å². The van der Waals surface area contributed by atoms with Crippen molar-refractivity contribution < 1.29 is 9.15 Å². The summed E-state index contributed by atoms with van der Waals surface area (Å²) in [6, 6.07) is 4.20. The lowest BCUT2D eigenvalue weighted by Gasteiger charge is -2.22. The molecule has 4 nitrogen and oxygen atoms in total. The number of hydrogen-bond acceptors (Lipinski definition) is 4. The molecule has 1 aromatic heterocycles. The van der Waals surface area contributed by atoms with Gasteiger partial charge >= 0.3 is 0 Å². The van der Waals surface area contributed by atoms with Crippen molar-refractivity contribution in [1.29, 1.82) is 0 Å². The number of aryl methyl sites for hydroxylation is 2. The molecule has 0 spiro atoms. The Morgan fingerprint density at radius 3 is 2.90 bits per heavy atom. The Morgan fingerprint density at radius 2 is 2.10 bits per heavy atom. The summed E-state index contributed by atoms with van der Waals surface area (Å²) in [5.74, 6) is 0.780. The predicted octanol–water partition coefficient (Wildman–Crippen LogP) is 2.76. The third-order valence-corrected chi connectivity index (χ3v) is 3.82. The minimum Gasteiger partial charge on any atom is -0.440 e. The van der Waals surface area contributed by atoms with E-state index in [9.17, 15) is 0 Å². The third-order valence-electron chi connectivity index (χ3n) is 3.82. The van der Waals surface area contributed by atoms with E-state index in [2.05, 4.69) is 36.3 Å². The van der Waals surface area contributed by atoms with E-state index in [-0.39, 0.29) is 0 Å². The molecule has 2 heterocycles. The molecule has 3 rings (SSSR count). The summed E-state index contributed by atoms with van der Waals surface area (Å²) in [6.07, 6.45) is 3.35. The Hall–Kier alpha value is -1.39. The van der Waals surface area contributed by atoms with E-state index >= 15 is 0 Å². The maximum absolute atomic E-state index is 5.90. The Balaban J connectivity index is 1.61. The van der Waals surface area contributed by atoms with E-state index < -0.39 is 0 Å². The minimum absolute atomic E-state index is 0.393. The number of piperidine rings is 1. The van der Waals surface area contributed by atoms with Gasteiger partial charge in [-0.15, -0.1) is 0 Å². The van der Waals surface area contributed by atoms with E-state index in [0.717, 1.165) is 54.9 Å². The summed E-state index contributed by atoms with van der Waals surface area (Å²) >= 11 is 0. The summed E-state index contributed by atoms with van der Waals surface area (Å²) in [6.45, 7) is 6.96. The van der Waals surface area contributed by atoms with Crippen LogP contribution in [0.4, 0.5) is 0 Å². The average Bonchev–Trinajstić information content (AvgIpc) is 2.83. The fourth-order valence-electron chi connectivity index (χ4n) is 2.80. The van der Waals surface area contributed by atoms with Crippen LogP contribution in [0.5, 0.6) is 0 Å². The van der Waals surface area contributed by atoms with Crippen molar-refractivity contribution in [2.45, 2.75) is 39.2 Å². The second-order valence-electron chi connectivity index (χ2n) is 5.61. The standard InChI is InChI=1S/C16H22N2O2/c1-11-9-12(2)16-14(10-11)18-15(20-16)5-8-19-13-3-6-17-7-4-13/h9-10,13,17H,3-8H2,1-2H3. The van der Waals surface area contributed by atoms with Gasteiger partial charge in [0.05, 0.1) is 12.7 Å². The SMILES string of the molecule is Cc1cc(C)c2oc(CCOC3CCNCC3)nc2c1. The first kappa shape index (κ1) is 13.6. The van der Waals surface area contributed by atoms with Crippen molar-refractivity contribution in [2.75, 3.05) is 19.7 Å². The van der Waals surface area contributed by atoms with E-state index in [1.807, 2.05) is 0 Å². The fraction of sp³-hybridized carbons (Fsp3) is 0.562. The van der Waals surface area contributed by atoms with Crippen molar-refractivity contribution >= 4 is 11.1 Å². The highest BCUT2D eigenvalue weighted by Gasteiger charge is 2.14. The fourth-order valence-corrected chi connectivity index (χ4v) is 2.80. The van der Waals surface area contributed by atoms with Crippen LogP contribution in [0.25, 0.3) is 11.1 Å². The predicted molar refractivity (Wildman–Crippen MR) is 79.0 cm³/mol. The molecule has 0 aliphatic carbocycles. The lowest BCUT2D eigenvalue weighted by Crippen LogP contribution is -2.32. The van der Waals surface area contributed by atoms with Gasteiger partial charge in [0.15, 0.2) is 11.5 Å². The first-order valence-electron chi connectivity index (χ1n) is 7.41. The molecule has 1 aromatic carbocycles. The van der Waals surface area contributed by atoms with E-state index in [1.165, 1.54) is 5.56 Å². The zero-order valence-corrected chi connectivity index (χ0v) is 12.2. The Kier molecular flexibility index (Phi) is 4.03. The molecular formula is C16H22N2O2. The molecule has 20 heavy (non-hydrogen) atoms. The molecule has 1 aliphatic heterocycles. The number of ether oxygens (including phenoxy) is 1. The molecule has 108 valence electrons. The van der Waals surface area contributed by atoms with Gasteiger partial charge < -0.3 is 14.5 Å². The van der Waals surface area contributed by atoms with Gasteiger partial charge in [0.25, 0.3) is 0 Å². The summed E-state index contributed by atoms with van der Waals surface area (Å²) < 4.78 is 11.7. The van der Waals surface area contributed by atoms with Crippen molar-refractivity contribution in [3.05, 3.63) is 29.2 Å². The van der Waals surface area contributed by atoms with Crippen LogP contribution >= 0.6 is 0 Å². The highest BCUT2D eigenvalue weighted by Crippen LogP contribution is 2.21. The second-order valence-corrected chi connectivity index (χ2v) is 5.61. The largest absolute Gasteiger partial charge is 0.440 e. The molecule has 0 bridgehead atoms. The number of oxazole rings is 1. The summed E-state index contributed by atoms with van der Waals surface area (Å²) in [5.41, 5.74) is 4.24. The number of nitrogens with zero attached hydrogens (tertiary/aromatic N) is 1. The Bertz CT molecular complexity index is 585. The van der Waals surface area contributed by atoms with E-state index in [0.29, 0.717) is 12.7 Å². The van der Waals surface area contributed by atoms with Gasteiger partial charge in [-0.1, -0.05) is 6.07 Å². The number of rotatable bonds is 4. The maximum atomic E-state index is 5.90. The summed E-state index contributed by atoms with van der Waals surface area (Å²) in [4.78, 5) is 4.56. The molecule has 1 saturated heterocycles. The molecular weight excluding hydrogens is 252 g/mol. The quantitative estimate of drug-likeness (QED) is 0.931. The van der Waals surface area contributed by atoms with E-state index in [4.69, 9.17) is 9.15 Å². The first-order chi connectivity index (χ1) is 9.72. The van der Waals surface area contributed by atoms with Crippen molar-refractivity contribution in [3.63, 3.8) is 0 Å². The molecule has 1 N–H and O–H groups in total. The Morgan fingerprint density at radius 1 is 1.30 bits per heavy atom. The van der Waals surface area contributed by atoms with Gasteiger partial charge in [-0.25, -0.2) is 4.98 Å². The second kappa shape index (κ2) is 5.94. The van der Waals surface area contributed by atoms with Gasteiger partial charge in [-0.3, -0.25) is 0 Å². The number of hydrogen-bond donors (Lipinski definition) is 1. The third kappa shape index (κ3) is 3.02. The lowest BCUT2D eigenvalue weighted by atomic mass is 10.1. The zero-order valence-electron chi connectivity index (χ0n) is 12.2. The van der Waals surface area contributed by atoms with Crippen LogP contribution in [-0.4, -0.2) is 30.8 Å². The van der Waals surface area contributed by atoms with Crippen LogP contribution in [0, 0.1) is 13.8 Å². The van der Waals surface area contributed by atoms with Crippen LogP contribution < -0.4 is 5.32 Å². The van der Waals surface area contributed by atoms with Crippen LogP contribution in [0.15, 0.2) is 16.5 Å². The van der Waals surface area contributed by atoms with Crippen molar-refractivity contribution in [2.24, 2.45) is 0 Å². The topological polar surface area (TPSA) is 47.3 Å². The first-order valence-corrected chi connectivity index (χ1v) is 7.41. The van der Waals surface area contributed by atoms with Crippen LogP contribution in [0.1, 0.15) is 29.9 Å². The average molecular weight is 274 g/mol. The molecule has 0 unspecified atom stereocenters. The normalized spacial score (nSPS) is 16.9. The van der Waals surface area contributed by atoms with Gasteiger partial charge in [-0.05, 0) is 57.0 Å². The van der Waals surface area contributed by atoms with Crippen molar-refractivity contribution in [1.82, 2.24) is 10.3 Å². The molecule has 0 amide bonds. The summed E-state index contributed by atoms with van der Waals surface area (Å²) in [7, 11) is 0. The van der Waals surface area contributed by atoms with E-state index in [1.54, 1.807) is 0 Å².